The number of aromatic nitrogens is 2. The van der Waals surface area contributed by atoms with E-state index in [0.717, 1.165) is 31.9 Å². The van der Waals surface area contributed by atoms with Crippen molar-refractivity contribution < 1.29 is 9.90 Å². The fourth-order valence-electron chi connectivity index (χ4n) is 2.28. The van der Waals surface area contributed by atoms with Crippen LogP contribution in [0.5, 0.6) is 0 Å². The lowest BCUT2D eigenvalue weighted by Crippen LogP contribution is -2.53. The van der Waals surface area contributed by atoms with E-state index in [4.69, 9.17) is 0 Å². The number of nitrogens with zero attached hydrogens (tertiary/aromatic N) is 4. The Hall–Kier alpha value is -1.40. The molecule has 1 atom stereocenters. The maximum absolute atomic E-state index is 11.3. The van der Waals surface area contributed by atoms with Gasteiger partial charge in [-0.2, -0.15) is 5.10 Å². The summed E-state index contributed by atoms with van der Waals surface area (Å²) in [7, 11) is 1.91. The van der Waals surface area contributed by atoms with Crippen LogP contribution in [0.15, 0.2) is 12.4 Å². The van der Waals surface area contributed by atoms with Crippen molar-refractivity contribution >= 4 is 11.5 Å². The molecule has 0 bridgehead atoms. The van der Waals surface area contributed by atoms with Gasteiger partial charge < -0.3 is 10.0 Å². The van der Waals surface area contributed by atoms with Crippen molar-refractivity contribution in [3.8, 4) is 0 Å². The third-order valence-corrected chi connectivity index (χ3v) is 3.72. The van der Waals surface area contributed by atoms with Crippen LogP contribution in [0.2, 0.25) is 0 Å². The lowest BCUT2D eigenvalue weighted by Gasteiger charge is -2.38. The first-order valence-electron chi connectivity index (χ1n) is 6.58. The normalized spacial score (nSPS) is 20.3. The van der Waals surface area contributed by atoms with Gasteiger partial charge in [-0.15, -0.1) is 0 Å². The lowest BCUT2D eigenvalue weighted by molar-refractivity contribution is -0.135. The number of Topliss-reactive ketones (excluding diaryl/α,β-unsaturated/α-hetero) is 1. The molecule has 19 heavy (non-hydrogen) atoms. The van der Waals surface area contributed by atoms with Gasteiger partial charge in [0.25, 0.3) is 0 Å². The average Bonchev–Trinajstić information content (AvgIpc) is 2.76. The van der Waals surface area contributed by atoms with Crippen molar-refractivity contribution in [1.82, 2.24) is 14.7 Å². The molecule has 1 fully saturated rings. The molecule has 1 aromatic heterocycles. The third-order valence-electron chi connectivity index (χ3n) is 3.72. The van der Waals surface area contributed by atoms with Crippen LogP contribution in [0.3, 0.4) is 0 Å². The molecule has 1 aliphatic heterocycles. The predicted molar refractivity (Wildman–Crippen MR) is 73.2 cm³/mol. The zero-order valence-electron chi connectivity index (χ0n) is 11.8. The molecular formula is C13H22N4O2. The number of hydrogen-bond donors (Lipinski definition) is 1. The zero-order chi connectivity index (χ0) is 14.0. The molecule has 0 radical (unpaired) electrons. The van der Waals surface area contributed by atoms with Crippen molar-refractivity contribution in [2.75, 3.05) is 37.6 Å². The maximum atomic E-state index is 11.3. The number of ketones is 1. The molecule has 1 aliphatic rings. The number of β-amino-alcohol motifs (C(OH)–C–C–N with tert-alkyl or cyclic N) is 1. The first-order valence-corrected chi connectivity index (χ1v) is 6.58. The van der Waals surface area contributed by atoms with Crippen molar-refractivity contribution in [2.24, 2.45) is 7.05 Å². The fraction of sp³-hybridized carbons (Fsp3) is 0.692. The van der Waals surface area contributed by atoms with E-state index >= 15 is 0 Å². The number of aryl methyl sites for hydroxylation is 1. The standard InChI is InChI=1S/C13H22N4O2/c1-11(18)13(2,19)10-16-4-6-17(7-5-16)12-8-14-15(3)9-12/h8-9,19H,4-7,10H2,1-3H3/t13-/m1/s1. The lowest BCUT2D eigenvalue weighted by atomic mass is 10.0. The zero-order valence-corrected chi connectivity index (χ0v) is 11.8. The summed E-state index contributed by atoms with van der Waals surface area (Å²) in [5.41, 5.74) is -0.114. The molecule has 1 aromatic rings. The summed E-state index contributed by atoms with van der Waals surface area (Å²) in [4.78, 5) is 15.7. The van der Waals surface area contributed by atoms with Crippen molar-refractivity contribution in [3.05, 3.63) is 12.4 Å². The van der Waals surface area contributed by atoms with E-state index in [1.807, 2.05) is 19.4 Å². The van der Waals surface area contributed by atoms with Gasteiger partial charge in [-0.1, -0.05) is 0 Å². The van der Waals surface area contributed by atoms with Crippen molar-refractivity contribution in [1.29, 1.82) is 0 Å². The Balaban J connectivity index is 1.87. The molecule has 0 spiro atoms. The summed E-state index contributed by atoms with van der Waals surface area (Å²) in [6, 6.07) is 0. The van der Waals surface area contributed by atoms with E-state index in [0.29, 0.717) is 6.54 Å². The smallest absolute Gasteiger partial charge is 0.162 e. The van der Waals surface area contributed by atoms with Gasteiger partial charge in [0.15, 0.2) is 5.78 Å². The molecule has 1 saturated heterocycles. The number of aliphatic hydroxyl groups is 1. The van der Waals surface area contributed by atoms with Gasteiger partial charge in [-0.25, -0.2) is 0 Å². The average molecular weight is 266 g/mol. The largest absolute Gasteiger partial charge is 0.381 e. The summed E-state index contributed by atoms with van der Waals surface area (Å²) in [6.45, 7) is 6.90. The molecule has 6 nitrogen and oxygen atoms in total. The molecule has 106 valence electrons. The van der Waals surface area contributed by atoms with E-state index in [9.17, 15) is 9.90 Å². The molecule has 0 unspecified atom stereocenters. The van der Waals surface area contributed by atoms with Crippen LogP contribution < -0.4 is 4.90 Å². The van der Waals surface area contributed by atoms with Gasteiger partial charge in [-0.3, -0.25) is 14.4 Å². The second-order valence-corrected chi connectivity index (χ2v) is 5.47. The maximum Gasteiger partial charge on any atom is 0.162 e. The topological polar surface area (TPSA) is 61.6 Å². The van der Waals surface area contributed by atoms with Crippen LogP contribution >= 0.6 is 0 Å². The summed E-state index contributed by atoms with van der Waals surface area (Å²) >= 11 is 0. The molecule has 0 aliphatic carbocycles. The van der Waals surface area contributed by atoms with E-state index in [2.05, 4.69) is 14.9 Å². The highest BCUT2D eigenvalue weighted by Crippen LogP contribution is 2.16. The Bertz CT molecular complexity index is 447. The van der Waals surface area contributed by atoms with E-state index in [1.54, 1.807) is 11.6 Å². The quantitative estimate of drug-likeness (QED) is 0.823. The fourth-order valence-corrected chi connectivity index (χ4v) is 2.28. The highest BCUT2D eigenvalue weighted by molar-refractivity contribution is 5.84. The van der Waals surface area contributed by atoms with Gasteiger partial charge >= 0.3 is 0 Å². The molecular weight excluding hydrogens is 244 g/mol. The molecule has 0 aromatic carbocycles. The van der Waals surface area contributed by atoms with Crippen LogP contribution in [0, 0.1) is 0 Å². The monoisotopic (exact) mass is 266 g/mol. The SMILES string of the molecule is CC(=O)[C@](C)(O)CN1CCN(c2cnn(C)c2)CC1. The van der Waals surface area contributed by atoms with Gasteiger partial charge in [0.2, 0.25) is 0 Å². The molecule has 0 saturated carbocycles. The van der Waals surface area contributed by atoms with E-state index in [1.165, 1.54) is 6.92 Å². The Kier molecular flexibility index (Phi) is 3.91. The minimum absolute atomic E-state index is 0.179. The van der Waals surface area contributed by atoms with Crippen LogP contribution in [0.1, 0.15) is 13.8 Å². The predicted octanol–water partition coefficient (Wildman–Crippen LogP) is -0.118. The number of rotatable bonds is 4. The highest BCUT2D eigenvalue weighted by Gasteiger charge is 2.30. The van der Waals surface area contributed by atoms with Gasteiger partial charge in [0.1, 0.15) is 5.60 Å². The van der Waals surface area contributed by atoms with Crippen molar-refractivity contribution in [2.45, 2.75) is 19.4 Å². The Morgan fingerprint density at radius 3 is 2.53 bits per heavy atom. The Morgan fingerprint density at radius 1 is 1.42 bits per heavy atom. The minimum atomic E-state index is -1.24. The summed E-state index contributed by atoms with van der Waals surface area (Å²) < 4.78 is 1.79. The number of hydrogen-bond acceptors (Lipinski definition) is 5. The molecule has 0 amide bonds. The first kappa shape index (κ1) is 14.0. The molecule has 6 heteroatoms. The second-order valence-electron chi connectivity index (χ2n) is 5.47. The first-order chi connectivity index (χ1) is 8.88. The number of carbonyl (C=O) groups excluding carboxylic acids is 1. The minimum Gasteiger partial charge on any atom is -0.381 e. The summed E-state index contributed by atoms with van der Waals surface area (Å²) in [5, 5.41) is 14.2. The van der Waals surface area contributed by atoms with Gasteiger partial charge in [-0.05, 0) is 13.8 Å². The summed E-state index contributed by atoms with van der Waals surface area (Å²) in [6.07, 6.45) is 3.86. The Labute approximate surface area is 113 Å². The van der Waals surface area contributed by atoms with Crippen LogP contribution in [-0.4, -0.2) is 63.9 Å². The third kappa shape index (κ3) is 3.33. The molecule has 2 rings (SSSR count). The van der Waals surface area contributed by atoms with Crippen molar-refractivity contribution in [3.63, 3.8) is 0 Å². The Morgan fingerprint density at radius 2 is 2.05 bits per heavy atom. The van der Waals surface area contributed by atoms with Crippen LogP contribution in [-0.2, 0) is 11.8 Å². The number of anilines is 1. The van der Waals surface area contributed by atoms with E-state index < -0.39 is 5.60 Å². The number of piperazine rings is 1. The van der Waals surface area contributed by atoms with Gasteiger partial charge in [0, 0.05) is 46.0 Å². The van der Waals surface area contributed by atoms with E-state index in [-0.39, 0.29) is 5.78 Å². The highest BCUT2D eigenvalue weighted by atomic mass is 16.3. The van der Waals surface area contributed by atoms with Crippen LogP contribution in [0.4, 0.5) is 5.69 Å². The van der Waals surface area contributed by atoms with Gasteiger partial charge in [0.05, 0.1) is 11.9 Å². The number of carbonyl (C=O) groups is 1. The second kappa shape index (κ2) is 5.30. The molecule has 1 N–H and O–H groups in total. The van der Waals surface area contributed by atoms with Crippen LogP contribution in [0.25, 0.3) is 0 Å². The summed E-state index contributed by atoms with van der Waals surface area (Å²) in [5.74, 6) is -0.179. The molecule has 2 heterocycles.